The first-order valence-electron chi connectivity index (χ1n) is 19.1. The van der Waals surface area contributed by atoms with Gasteiger partial charge in [0.2, 0.25) is 0 Å². The maximum Gasteiger partial charge on any atom is 0.311 e. The number of likely N-dealkylation sites (N-methyl/N-ethyl adjacent to an activating group) is 1. The number of carbonyl (C=O) groups is 1. The lowest BCUT2D eigenvalue weighted by atomic mass is 9.73. The second-order valence-corrected chi connectivity index (χ2v) is 16.8. The van der Waals surface area contributed by atoms with Crippen molar-refractivity contribution in [2.45, 2.75) is 179 Å². The zero-order chi connectivity index (χ0) is 40.4. The molecule has 3 aliphatic heterocycles. The molecule has 3 rings (SSSR count). The fourth-order valence-corrected chi connectivity index (χ4v) is 8.78. The third kappa shape index (κ3) is 9.73. The van der Waals surface area contributed by atoms with Crippen molar-refractivity contribution in [2.24, 2.45) is 28.8 Å². The number of hydrogen-bond donors (Lipinski definition) is 5. The lowest BCUT2D eigenvalue weighted by Crippen LogP contribution is -2.61. The van der Waals surface area contributed by atoms with Gasteiger partial charge in [0, 0.05) is 44.4 Å². The van der Waals surface area contributed by atoms with Crippen LogP contribution in [0.25, 0.3) is 0 Å². The number of methoxy groups -OCH3 is 2. The summed E-state index contributed by atoms with van der Waals surface area (Å²) in [6.45, 7) is 17.3. The van der Waals surface area contributed by atoms with Crippen molar-refractivity contribution in [3.63, 3.8) is 0 Å². The number of oxime groups is 1. The minimum Gasteiger partial charge on any atom is -0.459 e. The van der Waals surface area contributed by atoms with Crippen molar-refractivity contribution >= 4 is 11.7 Å². The zero-order valence-corrected chi connectivity index (χ0v) is 34.4. The Morgan fingerprint density at radius 1 is 0.887 bits per heavy atom. The summed E-state index contributed by atoms with van der Waals surface area (Å²) in [5.74, 6) is -3.82. The van der Waals surface area contributed by atoms with E-state index in [-0.39, 0.29) is 37.1 Å². The van der Waals surface area contributed by atoms with Gasteiger partial charge in [0.1, 0.15) is 23.9 Å². The number of aliphatic hydroxyl groups excluding tert-OH is 3. The van der Waals surface area contributed by atoms with Crippen LogP contribution in [0.5, 0.6) is 0 Å². The second-order valence-electron chi connectivity index (χ2n) is 16.8. The van der Waals surface area contributed by atoms with Gasteiger partial charge in [0.25, 0.3) is 0 Å². The molecule has 0 amide bonds. The van der Waals surface area contributed by atoms with Crippen LogP contribution >= 0.6 is 0 Å². The Balaban J connectivity index is 2.25. The quantitative estimate of drug-likeness (QED) is 0.137. The monoisotopic (exact) mass is 762 g/mol. The molecule has 0 aromatic carbocycles. The van der Waals surface area contributed by atoms with Crippen molar-refractivity contribution in [3.05, 3.63) is 0 Å². The van der Waals surface area contributed by atoms with E-state index in [1.165, 1.54) is 21.1 Å². The second kappa shape index (κ2) is 18.2. The number of cyclic esters (lactones) is 1. The van der Waals surface area contributed by atoms with Gasteiger partial charge in [0.05, 0.1) is 53.4 Å². The number of hydrogen-bond acceptors (Lipinski definition) is 15. The highest BCUT2D eigenvalue weighted by Crippen LogP contribution is 2.42. The Morgan fingerprint density at radius 2 is 1.49 bits per heavy atom. The normalized spacial score (nSPS) is 49.1. The van der Waals surface area contributed by atoms with E-state index in [4.69, 9.17) is 33.2 Å². The number of rotatable bonds is 8. The van der Waals surface area contributed by atoms with Crippen LogP contribution in [0.4, 0.5) is 0 Å². The van der Waals surface area contributed by atoms with E-state index in [1.807, 2.05) is 46.7 Å². The van der Waals surface area contributed by atoms with Crippen molar-refractivity contribution in [1.29, 1.82) is 0 Å². The first kappa shape index (κ1) is 45.9. The largest absolute Gasteiger partial charge is 0.459 e. The minimum absolute atomic E-state index is 0.128. The molecule has 310 valence electrons. The van der Waals surface area contributed by atoms with Gasteiger partial charge in [-0.3, -0.25) is 4.79 Å². The standard InChI is InChI=1S/C38H70N2O13/c1-15-26-38(10,45)31(42)21(4)28(39-46)19(2)17-37(9,48-14)33(53-35-29(41)25(40(11)12)16-20(3)49-35)22(5)30(23(6)34(44)51-26)52-27-18-36(8,47-13)32(43)24(7)50-27/h19-27,29-33,35,41-43,45-46H,15-18H2,1-14H3/b39-28+/t19-,20?,21-,22+,23+,24?,25?,26-,27-,29?,30+,31+,32-,33-,35-,36?,37?,38?/m0/s1. The van der Waals surface area contributed by atoms with E-state index in [0.717, 1.165) is 0 Å². The highest BCUT2D eigenvalue weighted by Gasteiger charge is 2.54. The summed E-state index contributed by atoms with van der Waals surface area (Å²) in [5.41, 5.74) is -3.99. The fraction of sp³-hybridized carbons (Fsp3) is 0.947. The van der Waals surface area contributed by atoms with Gasteiger partial charge < -0.3 is 63.7 Å². The molecule has 15 nitrogen and oxygen atoms in total. The average molecular weight is 763 g/mol. The minimum atomic E-state index is -1.94. The molecule has 0 spiro atoms. The smallest absolute Gasteiger partial charge is 0.311 e. The van der Waals surface area contributed by atoms with E-state index in [1.54, 1.807) is 34.6 Å². The topological polar surface area (TPSA) is 198 Å². The Bertz CT molecular complexity index is 1220. The predicted octanol–water partition coefficient (Wildman–Crippen LogP) is 2.70. The van der Waals surface area contributed by atoms with Crippen molar-refractivity contribution in [2.75, 3.05) is 28.3 Å². The van der Waals surface area contributed by atoms with Crippen LogP contribution in [0.1, 0.15) is 94.9 Å². The molecular formula is C38H70N2O13. The van der Waals surface area contributed by atoms with E-state index >= 15 is 0 Å². The highest BCUT2D eigenvalue weighted by molar-refractivity contribution is 5.88. The summed E-state index contributed by atoms with van der Waals surface area (Å²) >= 11 is 0. The number of aliphatic hydroxyl groups is 4. The highest BCUT2D eigenvalue weighted by atomic mass is 16.7. The van der Waals surface area contributed by atoms with E-state index in [2.05, 4.69) is 5.16 Å². The number of ether oxygens (including phenoxy) is 7. The molecular weight excluding hydrogens is 692 g/mol. The summed E-state index contributed by atoms with van der Waals surface area (Å²) in [6.07, 6.45) is -8.53. The molecule has 18 atom stereocenters. The Kier molecular flexibility index (Phi) is 15.7. The molecule has 0 aromatic heterocycles. The van der Waals surface area contributed by atoms with Crippen LogP contribution in [-0.2, 0) is 38.0 Å². The van der Waals surface area contributed by atoms with Crippen LogP contribution in [0.3, 0.4) is 0 Å². The summed E-state index contributed by atoms with van der Waals surface area (Å²) in [5, 5.41) is 59.8. The SMILES string of the molecule is CC[C@@H]1OC(=O)[C@H](C)[C@H](O[C@H]2CC(C)(OC)[C@@H](O)C(C)O2)[C@@H](C)[C@H](O[C@@H]2OC(C)CC(N(C)C)C2O)C(C)(OC)C[C@H](C)/C(=N\O)[C@H](C)[C@@H](O)C1(C)O. The average Bonchev–Trinajstić information content (AvgIpc) is 3.10. The maximum absolute atomic E-state index is 14.2. The van der Waals surface area contributed by atoms with E-state index < -0.39 is 102 Å². The van der Waals surface area contributed by atoms with Crippen LogP contribution in [-0.4, -0.2) is 155 Å². The Hall–Kier alpha value is -1.50. The number of carbonyl (C=O) groups excluding carboxylic acids is 1. The number of nitrogens with zero attached hydrogens (tertiary/aromatic N) is 2. The van der Waals surface area contributed by atoms with Gasteiger partial charge in [-0.1, -0.05) is 32.9 Å². The third-order valence-electron chi connectivity index (χ3n) is 12.4. The van der Waals surface area contributed by atoms with Gasteiger partial charge in [-0.15, -0.1) is 0 Å². The molecule has 0 bridgehead atoms. The molecule has 0 aliphatic carbocycles. The van der Waals surface area contributed by atoms with E-state index in [9.17, 15) is 30.4 Å². The fourth-order valence-electron chi connectivity index (χ4n) is 8.78. The van der Waals surface area contributed by atoms with Crippen molar-refractivity contribution < 1.29 is 63.6 Å². The lowest BCUT2D eigenvalue weighted by molar-refractivity contribution is -0.319. The molecule has 0 radical (unpaired) electrons. The summed E-state index contributed by atoms with van der Waals surface area (Å²) in [6, 6.07) is -0.282. The van der Waals surface area contributed by atoms with E-state index in [0.29, 0.717) is 6.42 Å². The molecule has 0 saturated carbocycles. The van der Waals surface area contributed by atoms with Gasteiger partial charge >= 0.3 is 5.97 Å². The first-order valence-corrected chi connectivity index (χ1v) is 19.1. The van der Waals surface area contributed by atoms with Crippen molar-refractivity contribution in [3.8, 4) is 0 Å². The summed E-state index contributed by atoms with van der Waals surface area (Å²) in [4.78, 5) is 16.2. The lowest BCUT2D eigenvalue weighted by Gasteiger charge is -2.50. The van der Waals surface area contributed by atoms with Crippen LogP contribution in [0.2, 0.25) is 0 Å². The van der Waals surface area contributed by atoms with Gasteiger partial charge in [0.15, 0.2) is 12.6 Å². The first-order chi connectivity index (χ1) is 24.5. The molecule has 3 heterocycles. The van der Waals surface area contributed by atoms with Crippen LogP contribution < -0.4 is 0 Å². The van der Waals surface area contributed by atoms with Gasteiger partial charge in [-0.25, -0.2) is 0 Å². The summed E-state index contributed by atoms with van der Waals surface area (Å²) < 4.78 is 44.1. The molecule has 15 heteroatoms. The molecule has 3 aliphatic rings. The Labute approximate surface area is 316 Å². The molecule has 0 aromatic rings. The van der Waals surface area contributed by atoms with Crippen LogP contribution in [0, 0.1) is 23.7 Å². The maximum atomic E-state index is 14.2. The summed E-state index contributed by atoms with van der Waals surface area (Å²) in [7, 11) is 6.80. The van der Waals surface area contributed by atoms with Gasteiger partial charge in [-0.2, -0.15) is 0 Å². The molecule has 53 heavy (non-hydrogen) atoms. The molecule has 7 unspecified atom stereocenters. The Morgan fingerprint density at radius 3 is 2.02 bits per heavy atom. The predicted molar refractivity (Wildman–Crippen MR) is 195 cm³/mol. The third-order valence-corrected chi connectivity index (χ3v) is 12.4. The molecule has 5 N–H and O–H groups in total. The molecule has 3 fully saturated rings. The van der Waals surface area contributed by atoms with Crippen LogP contribution in [0.15, 0.2) is 5.16 Å². The zero-order valence-electron chi connectivity index (χ0n) is 34.4. The van der Waals surface area contributed by atoms with Crippen molar-refractivity contribution in [1.82, 2.24) is 4.90 Å². The number of esters is 1. The van der Waals surface area contributed by atoms with Gasteiger partial charge in [-0.05, 0) is 74.9 Å². The molecule has 3 saturated heterocycles.